The van der Waals surface area contributed by atoms with Gasteiger partial charge in [0.05, 0.1) is 0 Å². The van der Waals surface area contributed by atoms with Gasteiger partial charge >= 0.3 is 26.4 Å². The highest BCUT2D eigenvalue weighted by Gasteiger charge is 2.40. The fourth-order valence-electron chi connectivity index (χ4n) is 2.31. The van der Waals surface area contributed by atoms with E-state index in [0.717, 1.165) is 12.5 Å². The molecule has 1 heterocycles. The number of hydrogen-bond acceptors (Lipinski definition) is 5. The van der Waals surface area contributed by atoms with Crippen LogP contribution < -0.4 is 0 Å². The number of hydrogen-bond donors (Lipinski definition) is 0. The molecule has 1 aliphatic rings. The van der Waals surface area contributed by atoms with Crippen LogP contribution in [0.2, 0.25) is 32.2 Å². The molecule has 1 rings (SSSR count). The van der Waals surface area contributed by atoms with Gasteiger partial charge in [0, 0.05) is 19.2 Å². The van der Waals surface area contributed by atoms with Crippen LogP contribution in [0.4, 0.5) is 0 Å². The van der Waals surface area contributed by atoms with Crippen molar-refractivity contribution in [1.29, 1.82) is 0 Å². The van der Waals surface area contributed by atoms with E-state index in [1.807, 2.05) is 13.1 Å². The van der Waals surface area contributed by atoms with Crippen LogP contribution in [0.3, 0.4) is 0 Å². The van der Waals surface area contributed by atoms with Crippen molar-refractivity contribution in [2.24, 2.45) is 0 Å². The summed E-state index contributed by atoms with van der Waals surface area (Å²) in [6.45, 7) is 14.3. The van der Waals surface area contributed by atoms with E-state index in [2.05, 4.69) is 19.7 Å². The van der Waals surface area contributed by atoms with Crippen molar-refractivity contribution >= 4 is 42.3 Å². The normalized spacial score (nSPS) is 25.3. The summed E-state index contributed by atoms with van der Waals surface area (Å²) in [5.74, 6) is -0.00957. The van der Waals surface area contributed by atoms with Crippen molar-refractivity contribution in [3.05, 3.63) is 12.2 Å². The lowest BCUT2D eigenvalue weighted by Crippen LogP contribution is -2.55. The zero-order valence-electron chi connectivity index (χ0n) is 14.6. The highest BCUT2D eigenvalue weighted by molar-refractivity contribution is 6.84. The molecule has 128 valence electrons. The average Bonchev–Trinajstić information content (AvgIpc) is 2.33. The number of carbonyl (C=O) groups excluding carboxylic acids is 1. The Labute approximate surface area is 140 Å². The minimum Gasteiger partial charge on any atom is -0.422 e. The lowest BCUT2D eigenvalue weighted by Gasteiger charge is -2.38. The maximum Gasteiger partial charge on any atom is 0.313 e. The van der Waals surface area contributed by atoms with Crippen molar-refractivity contribution in [1.82, 2.24) is 4.90 Å². The number of rotatable bonds is 5. The van der Waals surface area contributed by atoms with Gasteiger partial charge < -0.3 is 21.4 Å². The summed E-state index contributed by atoms with van der Waals surface area (Å²) in [6.07, 6.45) is 0.867. The molecular weight excluding hydrogens is 350 g/mol. The van der Waals surface area contributed by atoms with Gasteiger partial charge in [-0.25, -0.2) is 0 Å². The van der Waals surface area contributed by atoms with E-state index in [4.69, 9.17) is 16.5 Å². The number of carbonyl (C=O) groups is 1. The van der Waals surface area contributed by atoms with Crippen molar-refractivity contribution in [3.63, 3.8) is 0 Å². The lowest BCUT2D eigenvalue weighted by atomic mass is 10.3. The van der Waals surface area contributed by atoms with Crippen LogP contribution in [0, 0.1) is 0 Å². The van der Waals surface area contributed by atoms with E-state index < -0.39 is 36.4 Å². The minimum absolute atomic E-state index is 0.00957. The molecule has 10 heteroatoms. The second kappa shape index (κ2) is 8.15. The summed E-state index contributed by atoms with van der Waals surface area (Å²) in [5.41, 5.74) is 0.563. The van der Waals surface area contributed by atoms with E-state index in [1.165, 1.54) is 0 Å². The molecular formula is C12H29NO5Si4. The summed E-state index contributed by atoms with van der Waals surface area (Å²) in [7, 11) is -5.26. The average molecular weight is 380 g/mol. The Morgan fingerprint density at radius 1 is 1.27 bits per heavy atom. The van der Waals surface area contributed by atoms with Crippen LogP contribution in [0.15, 0.2) is 12.2 Å². The maximum absolute atomic E-state index is 11.8. The molecule has 1 amide bonds. The third-order valence-electron chi connectivity index (χ3n) is 3.21. The summed E-state index contributed by atoms with van der Waals surface area (Å²) in [4.78, 5) is 13.5. The Hall–Kier alpha value is -0.0825. The Kier molecular flexibility index (Phi) is 7.39. The molecule has 0 aliphatic carbocycles. The molecule has 0 aromatic rings. The zero-order valence-corrected chi connectivity index (χ0v) is 19.2. The highest BCUT2D eigenvalue weighted by atomic mass is 28.5. The van der Waals surface area contributed by atoms with E-state index in [1.54, 1.807) is 18.9 Å². The molecule has 0 N–H and O–H groups in total. The minimum atomic E-state index is -2.19. The number of nitrogens with zero attached hydrogens (tertiary/aromatic N) is 1. The van der Waals surface area contributed by atoms with Crippen LogP contribution in [0.25, 0.3) is 0 Å². The Morgan fingerprint density at radius 2 is 1.91 bits per heavy atom. The molecule has 1 fully saturated rings. The second-order valence-electron chi connectivity index (χ2n) is 6.53. The lowest BCUT2D eigenvalue weighted by molar-refractivity contribution is -0.125. The van der Waals surface area contributed by atoms with E-state index in [-0.39, 0.29) is 5.91 Å². The summed E-state index contributed by atoms with van der Waals surface area (Å²) in [5, 5.41) is 0. The standard InChI is InChI=1S/C12H29NO5Si4/c1-11(2)12(14)13(3)9-8-10-20-15-19-16-21(4,5)18-22(6,7)17-20/h20H,1,8-10,19H2,2-7H3. The van der Waals surface area contributed by atoms with Gasteiger partial charge in [-0.1, -0.05) is 6.58 Å². The molecule has 0 aromatic heterocycles. The van der Waals surface area contributed by atoms with Gasteiger partial charge in [0.15, 0.2) is 0 Å². The first-order valence-electron chi connectivity index (χ1n) is 7.57. The molecule has 0 spiro atoms. The molecule has 1 unspecified atom stereocenters. The molecule has 6 nitrogen and oxygen atoms in total. The molecule has 1 atom stereocenters. The van der Waals surface area contributed by atoms with E-state index >= 15 is 0 Å². The zero-order chi connectivity index (χ0) is 17.0. The smallest absolute Gasteiger partial charge is 0.313 e. The van der Waals surface area contributed by atoms with Gasteiger partial charge in [-0.15, -0.1) is 0 Å². The van der Waals surface area contributed by atoms with Gasteiger partial charge in [-0.3, -0.25) is 4.79 Å². The first-order chi connectivity index (χ1) is 10.0. The quantitative estimate of drug-likeness (QED) is 0.529. The summed E-state index contributed by atoms with van der Waals surface area (Å²) in [6, 6.07) is 0.867. The highest BCUT2D eigenvalue weighted by Crippen LogP contribution is 2.21. The Morgan fingerprint density at radius 3 is 2.50 bits per heavy atom. The molecule has 22 heavy (non-hydrogen) atoms. The largest absolute Gasteiger partial charge is 0.422 e. The third kappa shape index (κ3) is 7.00. The number of likely N-dealkylation sites (N-methyl/N-ethyl adjacent to an activating group) is 1. The molecule has 0 radical (unpaired) electrons. The van der Waals surface area contributed by atoms with Gasteiger partial charge in [0.2, 0.25) is 5.91 Å². The van der Waals surface area contributed by atoms with E-state index in [0.29, 0.717) is 12.1 Å². The Bertz CT molecular complexity index is 418. The fraction of sp³-hybridized carbons (Fsp3) is 0.750. The van der Waals surface area contributed by atoms with Crippen LogP contribution in [0.1, 0.15) is 13.3 Å². The van der Waals surface area contributed by atoms with Crippen LogP contribution >= 0.6 is 0 Å². The van der Waals surface area contributed by atoms with E-state index in [9.17, 15) is 4.79 Å². The molecule has 1 aliphatic heterocycles. The monoisotopic (exact) mass is 379 g/mol. The van der Waals surface area contributed by atoms with Gasteiger partial charge in [0.1, 0.15) is 0 Å². The van der Waals surface area contributed by atoms with Crippen LogP contribution in [-0.4, -0.2) is 60.8 Å². The topological polar surface area (TPSA) is 57.2 Å². The number of amides is 1. The van der Waals surface area contributed by atoms with Crippen LogP contribution in [-0.2, 0) is 21.3 Å². The first kappa shape index (κ1) is 20.0. The Balaban J connectivity index is 2.46. The van der Waals surface area contributed by atoms with Gasteiger partial charge in [0.25, 0.3) is 10.0 Å². The third-order valence-corrected chi connectivity index (χ3v) is 16.6. The fourth-order valence-corrected chi connectivity index (χ4v) is 16.1. The molecule has 1 saturated heterocycles. The van der Waals surface area contributed by atoms with Crippen molar-refractivity contribution in [2.75, 3.05) is 13.6 Å². The SMILES string of the molecule is C=C(C)C(=O)N(C)CCC[SiH]1O[SiH2]O[Si](C)(C)O[Si](C)(C)O1. The molecule has 0 aromatic carbocycles. The van der Waals surface area contributed by atoms with Crippen LogP contribution in [0.5, 0.6) is 0 Å². The van der Waals surface area contributed by atoms with Crippen molar-refractivity contribution < 1.29 is 21.3 Å². The van der Waals surface area contributed by atoms with Gasteiger partial charge in [-0.2, -0.15) is 0 Å². The molecule has 0 bridgehead atoms. The first-order valence-corrected chi connectivity index (χ1v) is 16.1. The molecule has 0 saturated carbocycles. The second-order valence-corrected chi connectivity index (χ2v) is 18.0. The predicted molar refractivity (Wildman–Crippen MR) is 96.9 cm³/mol. The van der Waals surface area contributed by atoms with Gasteiger partial charge in [-0.05, 0) is 45.6 Å². The predicted octanol–water partition coefficient (Wildman–Crippen LogP) is 1.11. The maximum atomic E-state index is 11.8. The summed E-state index contributed by atoms with van der Waals surface area (Å²) < 4.78 is 24.2. The van der Waals surface area contributed by atoms with Crippen molar-refractivity contribution in [2.45, 2.75) is 45.6 Å². The van der Waals surface area contributed by atoms with Crippen molar-refractivity contribution in [3.8, 4) is 0 Å². The summed E-state index contributed by atoms with van der Waals surface area (Å²) >= 11 is 0.